The average molecular weight is 272 g/mol. The number of para-hydroxylation sites is 2. The zero-order valence-electron chi connectivity index (χ0n) is 11.7. The van der Waals surface area contributed by atoms with Crippen LogP contribution in [0.25, 0.3) is 0 Å². The lowest BCUT2D eigenvalue weighted by Gasteiger charge is -2.32. The van der Waals surface area contributed by atoms with E-state index >= 15 is 0 Å². The van der Waals surface area contributed by atoms with Gasteiger partial charge in [0.15, 0.2) is 0 Å². The second kappa shape index (κ2) is 5.54. The van der Waals surface area contributed by atoms with E-state index in [1.165, 1.54) is 0 Å². The van der Waals surface area contributed by atoms with Crippen molar-refractivity contribution in [3.63, 3.8) is 0 Å². The van der Waals surface area contributed by atoms with Crippen molar-refractivity contribution in [1.82, 2.24) is 9.55 Å². The summed E-state index contributed by atoms with van der Waals surface area (Å²) < 4.78 is 7.85. The molecule has 5 heteroatoms. The van der Waals surface area contributed by atoms with Crippen molar-refractivity contribution in [2.24, 2.45) is 12.8 Å². The third-order valence-electron chi connectivity index (χ3n) is 3.77. The quantitative estimate of drug-likeness (QED) is 0.924. The zero-order valence-corrected chi connectivity index (χ0v) is 11.7. The average Bonchev–Trinajstić information content (AvgIpc) is 2.77. The molecule has 1 atom stereocenters. The molecule has 1 aliphatic rings. The fraction of sp³-hybridized carbons (Fsp3) is 0.400. The molecule has 0 aliphatic carbocycles. The molecule has 20 heavy (non-hydrogen) atoms. The summed E-state index contributed by atoms with van der Waals surface area (Å²) in [5, 5.41) is 0. The molecule has 0 saturated carbocycles. The van der Waals surface area contributed by atoms with Gasteiger partial charge in [-0.1, -0.05) is 12.1 Å². The number of anilines is 1. The largest absolute Gasteiger partial charge is 0.491 e. The number of aromatic nitrogens is 2. The molecule has 1 aliphatic heterocycles. The van der Waals surface area contributed by atoms with Gasteiger partial charge in [0.2, 0.25) is 0 Å². The van der Waals surface area contributed by atoms with Gasteiger partial charge in [-0.2, -0.15) is 0 Å². The SMILES string of the molecule is Cn1cncc1C(CN)N1CCCOc2ccccc21. The van der Waals surface area contributed by atoms with Crippen molar-refractivity contribution in [1.29, 1.82) is 0 Å². The number of aryl methyl sites for hydroxylation is 1. The Balaban J connectivity index is 2.01. The van der Waals surface area contributed by atoms with Crippen LogP contribution in [-0.2, 0) is 7.05 Å². The lowest BCUT2D eigenvalue weighted by molar-refractivity contribution is 0.322. The van der Waals surface area contributed by atoms with Gasteiger partial charge in [0.25, 0.3) is 0 Å². The Labute approximate surface area is 119 Å². The fourth-order valence-electron chi connectivity index (χ4n) is 2.77. The van der Waals surface area contributed by atoms with Crippen molar-refractivity contribution in [3.05, 3.63) is 42.5 Å². The number of hydrogen-bond donors (Lipinski definition) is 1. The monoisotopic (exact) mass is 272 g/mol. The van der Waals surface area contributed by atoms with Crippen LogP contribution in [0.2, 0.25) is 0 Å². The van der Waals surface area contributed by atoms with Crippen molar-refractivity contribution in [3.8, 4) is 5.75 Å². The normalized spacial score (nSPS) is 16.2. The van der Waals surface area contributed by atoms with Gasteiger partial charge in [-0.3, -0.25) is 0 Å². The number of nitrogens with two attached hydrogens (primary N) is 1. The molecule has 0 radical (unpaired) electrons. The van der Waals surface area contributed by atoms with E-state index in [0.29, 0.717) is 6.54 Å². The maximum Gasteiger partial charge on any atom is 0.142 e. The van der Waals surface area contributed by atoms with E-state index < -0.39 is 0 Å². The first-order valence-electron chi connectivity index (χ1n) is 6.96. The van der Waals surface area contributed by atoms with Gasteiger partial charge in [0.05, 0.1) is 36.6 Å². The van der Waals surface area contributed by atoms with E-state index in [4.69, 9.17) is 10.5 Å². The van der Waals surface area contributed by atoms with Gasteiger partial charge in [-0.05, 0) is 18.6 Å². The van der Waals surface area contributed by atoms with Crippen LogP contribution in [-0.4, -0.2) is 29.2 Å². The smallest absolute Gasteiger partial charge is 0.142 e. The van der Waals surface area contributed by atoms with E-state index in [1.807, 2.05) is 42.3 Å². The standard InChI is InChI=1S/C15H20N4O/c1-18-11-17-10-14(18)13(9-16)19-7-4-8-20-15-6-3-2-5-12(15)19/h2-3,5-6,10-11,13H,4,7-9,16H2,1H3. The highest BCUT2D eigenvalue weighted by Gasteiger charge is 2.25. The first-order chi connectivity index (χ1) is 9.81. The minimum Gasteiger partial charge on any atom is -0.491 e. The van der Waals surface area contributed by atoms with Crippen molar-refractivity contribution >= 4 is 5.69 Å². The summed E-state index contributed by atoms with van der Waals surface area (Å²) >= 11 is 0. The van der Waals surface area contributed by atoms with E-state index in [2.05, 4.69) is 16.0 Å². The number of fused-ring (bicyclic) bond motifs is 1. The van der Waals surface area contributed by atoms with Gasteiger partial charge < -0.3 is 19.9 Å². The summed E-state index contributed by atoms with van der Waals surface area (Å²) in [6.45, 7) is 2.23. The molecule has 1 aromatic carbocycles. The van der Waals surface area contributed by atoms with Crippen LogP contribution in [0.5, 0.6) is 5.75 Å². The number of nitrogens with zero attached hydrogens (tertiary/aromatic N) is 3. The van der Waals surface area contributed by atoms with Crippen LogP contribution in [0.1, 0.15) is 18.2 Å². The predicted molar refractivity (Wildman–Crippen MR) is 78.9 cm³/mol. The minimum atomic E-state index is 0.116. The molecular weight excluding hydrogens is 252 g/mol. The van der Waals surface area contributed by atoms with Crippen LogP contribution < -0.4 is 15.4 Å². The Morgan fingerprint density at radius 1 is 1.40 bits per heavy atom. The number of rotatable bonds is 3. The Bertz CT molecular complexity index is 581. The molecule has 3 rings (SSSR count). The molecule has 2 aromatic rings. The maximum absolute atomic E-state index is 6.05. The van der Waals surface area contributed by atoms with Gasteiger partial charge in [0, 0.05) is 20.1 Å². The van der Waals surface area contributed by atoms with Gasteiger partial charge in [0.1, 0.15) is 5.75 Å². The van der Waals surface area contributed by atoms with Gasteiger partial charge in [-0.15, -0.1) is 0 Å². The number of ether oxygens (including phenoxy) is 1. The summed E-state index contributed by atoms with van der Waals surface area (Å²) in [5.74, 6) is 0.936. The summed E-state index contributed by atoms with van der Waals surface area (Å²) in [6, 6.07) is 8.27. The van der Waals surface area contributed by atoms with Crippen LogP contribution in [0.4, 0.5) is 5.69 Å². The molecule has 0 spiro atoms. The molecule has 0 amide bonds. The van der Waals surface area contributed by atoms with Crippen molar-refractivity contribution in [2.45, 2.75) is 12.5 Å². The van der Waals surface area contributed by atoms with Crippen LogP contribution in [0.15, 0.2) is 36.8 Å². The summed E-state index contributed by atoms with van der Waals surface area (Å²) in [6.07, 6.45) is 4.70. The molecular formula is C15H20N4O. The Hall–Kier alpha value is -2.01. The highest BCUT2D eigenvalue weighted by Crippen LogP contribution is 2.35. The van der Waals surface area contributed by atoms with Gasteiger partial charge >= 0.3 is 0 Å². The first kappa shape index (κ1) is 13.0. The van der Waals surface area contributed by atoms with Crippen LogP contribution in [0, 0.1) is 0 Å². The molecule has 106 valence electrons. The van der Waals surface area contributed by atoms with Gasteiger partial charge in [-0.25, -0.2) is 4.98 Å². The second-order valence-corrected chi connectivity index (χ2v) is 5.04. The van der Waals surface area contributed by atoms with E-state index in [1.54, 1.807) is 0 Å². The Morgan fingerprint density at radius 2 is 2.25 bits per heavy atom. The molecule has 0 fully saturated rings. The first-order valence-corrected chi connectivity index (χ1v) is 6.96. The molecule has 2 N–H and O–H groups in total. The summed E-state index contributed by atoms with van der Waals surface area (Å²) in [4.78, 5) is 6.55. The zero-order chi connectivity index (χ0) is 13.9. The van der Waals surface area contributed by atoms with Crippen LogP contribution >= 0.6 is 0 Å². The van der Waals surface area contributed by atoms with Crippen molar-refractivity contribution < 1.29 is 4.74 Å². The van der Waals surface area contributed by atoms with Crippen molar-refractivity contribution in [2.75, 3.05) is 24.6 Å². The molecule has 5 nitrogen and oxygen atoms in total. The third-order valence-corrected chi connectivity index (χ3v) is 3.77. The molecule has 0 bridgehead atoms. The number of hydrogen-bond acceptors (Lipinski definition) is 4. The summed E-state index contributed by atoms with van der Waals surface area (Å²) in [7, 11) is 2.01. The lowest BCUT2D eigenvalue weighted by atomic mass is 10.1. The minimum absolute atomic E-state index is 0.116. The molecule has 1 aromatic heterocycles. The summed E-state index contributed by atoms with van der Waals surface area (Å²) in [5.41, 5.74) is 8.29. The topological polar surface area (TPSA) is 56.3 Å². The fourth-order valence-corrected chi connectivity index (χ4v) is 2.77. The highest BCUT2D eigenvalue weighted by atomic mass is 16.5. The highest BCUT2D eigenvalue weighted by molar-refractivity contribution is 5.60. The number of imidazole rings is 1. The third kappa shape index (κ3) is 2.25. The second-order valence-electron chi connectivity index (χ2n) is 5.04. The van der Waals surface area contributed by atoms with E-state index in [0.717, 1.165) is 36.7 Å². The van der Waals surface area contributed by atoms with E-state index in [9.17, 15) is 0 Å². The molecule has 1 unspecified atom stereocenters. The number of benzene rings is 1. The maximum atomic E-state index is 6.05. The molecule has 2 heterocycles. The Kier molecular flexibility index (Phi) is 3.60. The van der Waals surface area contributed by atoms with Crippen LogP contribution in [0.3, 0.4) is 0 Å². The Morgan fingerprint density at radius 3 is 3.00 bits per heavy atom. The van der Waals surface area contributed by atoms with E-state index in [-0.39, 0.29) is 6.04 Å². The molecule has 0 saturated heterocycles. The predicted octanol–water partition coefficient (Wildman–Crippen LogP) is 1.71. The lowest BCUT2D eigenvalue weighted by Crippen LogP contribution is -2.35.